The van der Waals surface area contributed by atoms with Crippen molar-refractivity contribution in [1.29, 1.82) is 0 Å². The van der Waals surface area contributed by atoms with Crippen molar-refractivity contribution in [1.82, 2.24) is 5.32 Å². The van der Waals surface area contributed by atoms with E-state index in [1.807, 2.05) is 25.1 Å². The van der Waals surface area contributed by atoms with Gasteiger partial charge in [-0.05, 0) is 67.7 Å². The standard InChI is InChI=1S/C21H28N2OS/c1-3-5-8-17-11-13-19(14-12-17)23-21(25)22-16-15-18-9-6-7-10-20(18)24-4-2/h6-7,9-14H,3-5,8,15-16H2,1-2H3,(H2,22,23,25). The number of rotatable bonds is 9. The molecule has 0 atom stereocenters. The summed E-state index contributed by atoms with van der Waals surface area (Å²) in [7, 11) is 0. The summed E-state index contributed by atoms with van der Waals surface area (Å²) in [4.78, 5) is 0. The van der Waals surface area contributed by atoms with E-state index in [4.69, 9.17) is 17.0 Å². The third kappa shape index (κ3) is 6.75. The van der Waals surface area contributed by atoms with Gasteiger partial charge in [-0.2, -0.15) is 0 Å². The Bertz CT molecular complexity index is 655. The first-order valence-electron chi connectivity index (χ1n) is 9.07. The number of ether oxygens (including phenoxy) is 1. The topological polar surface area (TPSA) is 33.3 Å². The van der Waals surface area contributed by atoms with Crippen molar-refractivity contribution in [3.8, 4) is 5.75 Å². The monoisotopic (exact) mass is 356 g/mol. The Labute approximate surface area is 156 Å². The number of hydrogen-bond donors (Lipinski definition) is 2. The minimum absolute atomic E-state index is 0.648. The summed E-state index contributed by atoms with van der Waals surface area (Å²) in [6.07, 6.45) is 4.46. The molecule has 0 spiro atoms. The van der Waals surface area contributed by atoms with Crippen molar-refractivity contribution in [3.05, 3.63) is 59.7 Å². The molecule has 0 radical (unpaired) electrons. The highest BCUT2D eigenvalue weighted by Crippen LogP contribution is 2.18. The van der Waals surface area contributed by atoms with E-state index in [2.05, 4.69) is 47.9 Å². The number of unbranched alkanes of at least 4 members (excludes halogenated alkanes) is 1. The molecule has 0 heterocycles. The zero-order valence-electron chi connectivity index (χ0n) is 15.2. The van der Waals surface area contributed by atoms with Gasteiger partial charge in [0.15, 0.2) is 5.11 Å². The van der Waals surface area contributed by atoms with Crippen LogP contribution >= 0.6 is 12.2 Å². The van der Waals surface area contributed by atoms with Crippen LogP contribution in [-0.2, 0) is 12.8 Å². The molecule has 0 amide bonds. The van der Waals surface area contributed by atoms with E-state index in [1.165, 1.54) is 24.0 Å². The predicted molar refractivity (Wildman–Crippen MR) is 111 cm³/mol. The Kier molecular flexibility index (Phi) is 8.26. The average molecular weight is 357 g/mol. The fraction of sp³-hybridized carbons (Fsp3) is 0.381. The molecule has 0 aliphatic heterocycles. The Morgan fingerprint density at radius 1 is 1.00 bits per heavy atom. The summed E-state index contributed by atoms with van der Waals surface area (Å²) >= 11 is 5.38. The average Bonchev–Trinajstić information content (AvgIpc) is 2.63. The minimum atomic E-state index is 0.648. The highest BCUT2D eigenvalue weighted by Gasteiger charge is 2.03. The van der Waals surface area contributed by atoms with Crippen molar-refractivity contribution in [2.45, 2.75) is 39.5 Å². The number of anilines is 1. The molecule has 4 heteroatoms. The van der Waals surface area contributed by atoms with E-state index in [0.29, 0.717) is 11.7 Å². The quantitative estimate of drug-likeness (QED) is 0.622. The van der Waals surface area contributed by atoms with E-state index in [-0.39, 0.29) is 0 Å². The van der Waals surface area contributed by atoms with Crippen LogP contribution in [0.25, 0.3) is 0 Å². The molecular weight excluding hydrogens is 328 g/mol. The van der Waals surface area contributed by atoms with Crippen molar-refractivity contribution < 1.29 is 4.74 Å². The minimum Gasteiger partial charge on any atom is -0.494 e. The van der Waals surface area contributed by atoms with Crippen molar-refractivity contribution >= 4 is 23.0 Å². The maximum Gasteiger partial charge on any atom is 0.170 e. The Morgan fingerprint density at radius 2 is 1.76 bits per heavy atom. The third-order valence-electron chi connectivity index (χ3n) is 3.98. The van der Waals surface area contributed by atoms with E-state index >= 15 is 0 Å². The number of para-hydroxylation sites is 1. The summed E-state index contributed by atoms with van der Waals surface area (Å²) in [5, 5.41) is 7.15. The van der Waals surface area contributed by atoms with Gasteiger partial charge in [-0.25, -0.2) is 0 Å². The molecule has 0 aliphatic carbocycles. The summed E-state index contributed by atoms with van der Waals surface area (Å²) in [5.74, 6) is 0.952. The van der Waals surface area contributed by atoms with Gasteiger partial charge in [0.05, 0.1) is 6.61 Å². The van der Waals surface area contributed by atoms with Crippen LogP contribution in [0, 0.1) is 0 Å². The maximum absolute atomic E-state index is 5.65. The molecule has 2 aromatic rings. The number of nitrogens with one attached hydrogen (secondary N) is 2. The SMILES string of the molecule is CCCCc1ccc(NC(=S)NCCc2ccccc2OCC)cc1. The Balaban J connectivity index is 1.77. The molecular formula is C21H28N2OS. The van der Waals surface area contributed by atoms with Gasteiger partial charge in [-0.1, -0.05) is 43.7 Å². The van der Waals surface area contributed by atoms with Gasteiger partial charge in [0.25, 0.3) is 0 Å². The number of hydrogen-bond acceptors (Lipinski definition) is 2. The lowest BCUT2D eigenvalue weighted by atomic mass is 10.1. The fourth-order valence-corrected chi connectivity index (χ4v) is 2.85. The summed E-state index contributed by atoms with van der Waals surface area (Å²) in [5.41, 5.74) is 3.59. The molecule has 0 fully saturated rings. The van der Waals surface area contributed by atoms with Crippen molar-refractivity contribution in [2.75, 3.05) is 18.5 Å². The summed E-state index contributed by atoms with van der Waals surface area (Å²) in [6.45, 7) is 5.66. The van der Waals surface area contributed by atoms with E-state index in [9.17, 15) is 0 Å². The Morgan fingerprint density at radius 3 is 2.48 bits per heavy atom. The molecule has 0 saturated heterocycles. The van der Waals surface area contributed by atoms with Crippen LogP contribution in [-0.4, -0.2) is 18.3 Å². The molecule has 0 aliphatic rings. The fourth-order valence-electron chi connectivity index (χ4n) is 2.63. The lowest BCUT2D eigenvalue weighted by Gasteiger charge is -2.13. The summed E-state index contributed by atoms with van der Waals surface area (Å²) in [6, 6.07) is 16.6. The van der Waals surface area contributed by atoms with Crippen LogP contribution in [0.15, 0.2) is 48.5 Å². The molecule has 0 unspecified atom stereocenters. The van der Waals surface area contributed by atoms with E-state index in [1.54, 1.807) is 0 Å². The lowest BCUT2D eigenvalue weighted by molar-refractivity contribution is 0.336. The third-order valence-corrected chi connectivity index (χ3v) is 4.23. The molecule has 0 bridgehead atoms. The van der Waals surface area contributed by atoms with Gasteiger partial charge < -0.3 is 15.4 Å². The first-order chi connectivity index (χ1) is 12.2. The van der Waals surface area contributed by atoms with Crippen LogP contribution in [0.2, 0.25) is 0 Å². The largest absolute Gasteiger partial charge is 0.494 e. The first-order valence-corrected chi connectivity index (χ1v) is 9.48. The molecule has 2 N–H and O–H groups in total. The van der Waals surface area contributed by atoms with Gasteiger partial charge in [0, 0.05) is 12.2 Å². The second-order valence-electron chi connectivity index (χ2n) is 5.97. The van der Waals surface area contributed by atoms with Gasteiger partial charge >= 0.3 is 0 Å². The van der Waals surface area contributed by atoms with Gasteiger partial charge in [-0.3, -0.25) is 0 Å². The van der Waals surface area contributed by atoms with Crippen LogP contribution in [0.4, 0.5) is 5.69 Å². The smallest absolute Gasteiger partial charge is 0.170 e. The van der Waals surface area contributed by atoms with Gasteiger partial charge in [-0.15, -0.1) is 0 Å². The van der Waals surface area contributed by atoms with E-state index in [0.717, 1.165) is 30.8 Å². The first kappa shape index (κ1) is 19.3. The lowest BCUT2D eigenvalue weighted by Crippen LogP contribution is -2.30. The van der Waals surface area contributed by atoms with Crippen LogP contribution in [0.3, 0.4) is 0 Å². The van der Waals surface area contributed by atoms with E-state index < -0.39 is 0 Å². The summed E-state index contributed by atoms with van der Waals surface area (Å²) < 4.78 is 5.65. The molecule has 134 valence electrons. The molecule has 0 saturated carbocycles. The van der Waals surface area contributed by atoms with Crippen molar-refractivity contribution in [2.24, 2.45) is 0 Å². The molecule has 25 heavy (non-hydrogen) atoms. The number of benzene rings is 2. The number of aryl methyl sites for hydroxylation is 1. The molecule has 2 rings (SSSR count). The normalized spacial score (nSPS) is 10.3. The molecule has 2 aromatic carbocycles. The van der Waals surface area contributed by atoms with Crippen LogP contribution < -0.4 is 15.4 Å². The zero-order chi connectivity index (χ0) is 17.9. The zero-order valence-corrected chi connectivity index (χ0v) is 16.0. The van der Waals surface area contributed by atoms with Gasteiger partial charge in [0.1, 0.15) is 5.75 Å². The van der Waals surface area contributed by atoms with Crippen LogP contribution in [0.5, 0.6) is 5.75 Å². The van der Waals surface area contributed by atoms with Crippen molar-refractivity contribution in [3.63, 3.8) is 0 Å². The second kappa shape index (κ2) is 10.7. The Hall–Kier alpha value is -2.07. The highest BCUT2D eigenvalue weighted by molar-refractivity contribution is 7.80. The second-order valence-corrected chi connectivity index (χ2v) is 6.38. The molecule has 3 nitrogen and oxygen atoms in total. The van der Waals surface area contributed by atoms with Crippen LogP contribution in [0.1, 0.15) is 37.8 Å². The number of thiocarbonyl (C=S) groups is 1. The predicted octanol–water partition coefficient (Wildman–Crippen LogP) is 4.96. The highest BCUT2D eigenvalue weighted by atomic mass is 32.1. The van der Waals surface area contributed by atoms with Gasteiger partial charge in [0.2, 0.25) is 0 Å². The maximum atomic E-state index is 5.65. The molecule has 0 aromatic heterocycles.